The monoisotopic (exact) mass is 278 g/mol. The van der Waals surface area contributed by atoms with Crippen molar-refractivity contribution in [2.45, 2.75) is 39.7 Å². The summed E-state index contributed by atoms with van der Waals surface area (Å²) in [6.45, 7) is 10.8. The summed E-state index contributed by atoms with van der Waals surface area (Å²) >= 11 is 0. The van der Waals surface area contributed by atoms with Crippen molar-refractivity contribution in [3.63, 3.8) is 0 Å². The van der Waals surface area contributed by atoms with Crippen LogP contribution in [0.15, 0.2) is 6.07 Å². The Morgan fingerprint density at radius 3 is 2.50 bits per heavy atom. The van der Waals surface area contributed by atoms with Gasteiger partial charge in [-0.1, -0.05) is 13.8 Å². The summed E-state index contributed by atoms with van der Waals surface area (Å²) in [5.41, 5.74) is 2.63. The van der Waals surface area contributed by atoms with Gasteiger partial charge in [-0.25, -0.2) is 15.8 Å². The number of piperazine rings is 1. The average Bonchev–Trinajstić information content (AvgIpc) is 2.53. The van der Waals surface area contributed by atoms with E-state index in [1.807, 2.05) is 6.07 Å². The fourth-order valence-corrected chi connectivity index (χ4v) is 2.53. The van der Waals surface area contributed by atoms with Crippen LogP contribution in [-0.4, -0.2) is 47.1 Å². The summed E-state index contributed by atoms with van der Waals surface area (Å²) in [6, 6.07) is 2.59. The highest BCUT2D eigenvalue weighted by atomic mass is 15.3. The minimum Gasteiger partial charge on any atom is -0.354 e. The summed E-state index contributed by atoms with van der Waals surface area (Å²) in [7, 11) is 0. The van der Waals surface area contributed by atoms with Crippen molar-refractivity contribution in [1.29, 1.82) is 0 Å². The van der Waals surface area contributed by atoms with Crippen molar-refractivity contribution in [3.8, 4) is 0 Å². The molecule has 0 amide bonds. The lowest BCUT2D eigenvalue weighted by atomic mass is 10.2. The maximum Gasteiger partial charge on any atom is 0.145 e. The number of nitrogens with one attached hydrogen (secondary N) is 1. The summed E-state index contributed by atoms with van der Waals surface area (Å²) in [5.74, 6) is 7.99. The minimum absolute atomic E-state index is 0.662. The quantitative estimate of drug-likeness (QED) is 0.624. The Hall–Kier alpha value is -1.40. The van der Waals surface area contributed by atoms with Crippen molar-refractivity contribution in [2.75, 3.05) is 36.5 Å². The van der Waals surface area contributed by atoms with Gasteiger partial charge in [-0.2, -0.15) is 0 Å². The highest BCUT2D eigenvalue weighted by Crippen LogP contribution is 2.18. The summed E-state index contributed by atoms with van der Waals surface area (Å²) < 4.78 is 0. The lowest BCUT2D eigenvalue weighted by Crippen LogP contribution is -2.49. The molecule has 0 spiro atoms. The molecule has 0 bridgehead atoms. The molecule has 112 valence electrons. The van der Waals surface area contributed by atoms with E-state index in [4.69, 9.17) is 5.84 Å². The van der Waals surface area contributed by atoms with E-state index in [9.17, 15) is 0 Å². The van der Waals surface area contributed by atoms with Gasteiger partial charge in [0.15, 0.2) is 0 Å². The van der Waals surface area contributed by atoms with Gasteiger partial charge in [-0.3, -0.25) is 4.90 Å². The van der Waals surface area contributed by atoms with Gasteiger partial charge in [0.05, 0.1) is 0 Å². The number of nitrogens with zero attached hydrogens (tertiary/aromatic N) is 4. The number of rotatable bonds is 5. The Morgan fingerprint density at radius 2 is 1.95 bits per heavy atom. The van der Waals surface area contributed by atoms with Gasteiger partial charge < -0.3 is 10.3 Å². The van der Waals surface area contributed by atoms with Gasteiger partial charge >= 0.3 is 0 Å². The zero-order valence-electron chi connectivity index (χ0n) is 12.8. The smallest absolute Gasteiger partial charge is 0.145 e. The van der Waals surface area contributed by atoms with E-state index in [-0.39, 0.29) is 0 Å². The topological polar surface area (TPSA) is 70.3 Å². The second-order valence-corrected chi connectivity index (χ2v) is 5.31. The SMILES string of the molecule is CCc1nc(NN)cc(N2CCN(C(C)CC)CC2)n1. The molecule has 0 aliphatic carbocycles. The van der Waals surface area contributed by atoms with Gasteiger partial charge in [0.1, 0.15) is 17.5 Å². The number of aromatic nitrogens is 2. The Bertz CT molecular complexity index is 405. The molecule has 0 aromatic carbocycles. The first kappa shape index (κ1) is 15.0. The predicted octanol–water partition coefficient (Wildman–Crippen LogP) is 1.25. The molecule has 2 heterocycles. The highest BCUT2D eigenvalue weighted by molar-refractivity contribution is 5.49. The molecule has 1 fully saturated rings. The molecule has 1 aliphatic heterocycles. The predicted molar refractivity (Wildman–Crippen MR) is 82.8 cm³/mol. The molecular formula is C14H26N6. The number of nitrogens with two attached hydrogens (primary N) is 1. The largest absolute Gasteiger partial charge is 0.354 e. The molecule has 0 saturated carbocycles. The Balaban J connectivity index is 2.06. The fraction of sp³-hybridized carbons (Fsp3) is 0.714. The highest BCUT2D eigenvalue weighted by Gasteiger charge is 2.21. The average molecular weight is 278 g/mol. The van der Waals surface area contributed by atoms with Crippen LogP contribution < -0.4 is 16.2 Å². The summed E-state index contributed by atoms with van der Waals surface area (Å²) in [5, 5.41) is 0. The molecule has 1 aromatic heterocycles. The van der Waals surface area contributed by atoms with E-state index in [0.717, 1.165) is 44.2 Å². The molecule has 6 heteroatoms. The standard InChI is InChI=1S/C14H26N6/c1-4-11(3)19-6-8-20(9-7-19)14-10-13(18-15)16-12(5-2)17-14/h10-11H,4-9,15H2,1-3H3,(H,16,17,18). The molecular weight excluding hydrogens is 252 g/mol. The Morgan fingerprint density at radius 1 is 1.25 bits per heavy atom. The first-order chi connectivity index (χ1) is 9.67. The molecule has 1 atom stereocenters. The van der Waals surface area contributed by atoms with Crippen LogP contribution in [0.5, 0.6) is 0 Å². The summed E-state index contributed by atoms with van der Waals surface area (Å²) in [4.78, 5) is 13.8. The van der Waals surface area contributed by atoms with E-state index < -0.39 is 0 Å². The zero-order chi connectivity index (χ0) is 14.5. The fourth-order valence-electron chi connectivity index (χ4n) is 2.53. The second-order valence-electron chi connectivity index (χ2n) is 5.31. The van der Waals surface area contributed by atoms with Crippen LogP contribution in [0.25, 0.3) is 0 Å². The van der Waals surface area contributed by atoms with Gasteiger partial charge in [-0.05, 0) is 13.3 Å². The first-order valence-electron chi connectivity index (χ1n) is 7.51. The van der Waals surface area contributed by atoms with Crippen molar-refractivity contribution in [1.82, 2.24) is 14.9 Å². The molecule has 2 rings (SSSR count). The zero-order valence-corrected chi connectivity index (χ0v) is 12.8. The third-order valence-corrected chi connectivity index (χ3v) is 4.08. The van der Waals surface area contributed by atoms with Crippen LogP contribution in [0.1, 0.15) is 33.0 Å². The second kappa shape index (κ2) is 6.85. The minimum atomic E-state index is 0.662. The number of anilines is 2. The molecule has 1 aromatic rings. The Kier molecular flexibility index (Phi) is 5.14. The van der Waals surface area contributed by atoms with E-state index in [2.05, 4.69) is 46.0 Å². The molecule has 1 unspecified atom stereocenters. The maximum atomic E-state index is 5.48. The van der Waals surface area contributed by atoms with Crippen molar-refractivity contribution in [3.05, 3.63) is 11.9 Å². The molecule has 1 saturated heterocycles. The van der Waals surface area contributed by atoms with Crippen LogP contribution in [-0.2, 0) is 6.42 Å². The van der Waals surface area contributed by atoms with Crippen LogP contribution >= 0.6 is 0 Å². The maximum absolute atomic E-state index is 5.48. The normalized spacial score (nSPS) is 18.1. The van der Waals surface area contributed by atoms with Gasteiger partial charge in [-0.15, -0.1) is 0 Å². The van der Waals surface area contributed by atoms with Gasteiger partial charge in [0, 0.05) is 44.7 Å². The van der Waals surface area contributed by atoms with Gasteiger partial charge in [0.2, 0.25) is 0 Å². The number of aryl methyl sites for hydroxylation is 1. The van der Waals surface area contributed by atoms with E-state index in [0.29, 0.717) is 11.9 Å². The molecule has 3 N–H and O–H groups in total. The lowest BCUT2D eigenvalue weighted by Gasteiger charge is -2.38. The molecule has 0 radical (unpaired) electrons. The number of nitrogen functional groups attached to an aromatic ring is 1. The van der Waals surface area contributed by atoms with Crippen LogP contribution in [0.3, 0.4) is 0 Å². The van der Waals surface area contributed by atoms with Crippen molar-refractivity contribution < 1.29 is 0 Å². The van der Waals surface area contributed by atoms with Crippen LogP contribution in [0.2, 0.25) is 0 Å². The molecule has 1 aliphatic rings. The third-order valence-electron chi connectivity index (χ3n) is 4.08. The third kappa shape index (κ3) is 3.37. The number of hydrogen-bond donors (Lipinski definition) is 2. The van der Waals surface area contributed by atoms with E-state index in [1.54, 1.807) is 0 Å². The number of hydrazine groups is 1. The molecule has 20 heavy (non-hydrogen) atoms. The van der Waals surface area contributed by atoms with Crippen molar-refractivity contribution in [2.24, 2.45) is 5.84 Å². The summed E-state index contributed by atoms with van der Waals surface area (Å²) in [6.07, 6.45) is 2.02. The van der Waals surface area contributed by atoms with E-state index >= 15 is 0 Å². The Labute approximate surface area is 121 Å². The first-order valence-corrected chi connectivity index (χ1v) is 7.51. The number of hydrogen-bond acceptors (Lipinski definition) is 6. The van der Waals surface area contributed by atoms with Gasteiger partial charge in [0.25, 0.3) is 0 Å². The van der Waals surface area contributed by atoms with Crippen molar-refractivity contribution >= 4 is 11.6 Å². The van der Waals surface area contributed by atoms with Crippen LogP contribution in [0, 0.1) is 0 Å². The van der Waals surface area contributed by atoms with E-state index in [1.165, 1.54) is 6.42 Å². The molecule has 6 nitrogen and oxygen atoms in total. The van der Waals surface area contributed by atoms with Crippen LogP contribution in [0.4, 0.5) is 11.6 Å². The lowest BCUT2D eigenvalue weighted by molar-refractivity contribution is 0.192.